The molecule has 3 unspecified atom stereocenters. The SMILES string of the molecule is CC1CCC(C)N(CC2CNc3ccccc3O2)C1. The quantitative estimate of drug-likeness (QED) is 0.884. The van der Waals surface area contributed by atoms with Gasteiger partial charge in [0, 0.05) is 19.1 Å². The number of likely N-dealkylation sites (tertiary alicyclic amines) is 1. The molecule has 0 spiro atoms. The molecule has 0 amide bonds. The van der Waals surface area contributed by atoms with E-state index in [0.29, 0.717) is 6.04 Å². The van der Waals surface area contributed by atoms with Crippen molar-refractivity contribution in [2.45, 2.75) is 38.8 Å². The van der Waals surface area contributed by atoms with E-state index in [9.17, 15) is 0 Å². The average molecular weight is 260 g/mol. The lowest BCUT2D eigenvalue weighted by molar-refractivity contribution is 0.0707. The minimum Gasteiger partial charge on any atom is -0.485 e. The van der Waals surface area contributed by atoms with Gasteiger partial charge in [0.25, 0.3) is 0 Å². The lowest BCUT2D eigenvalue weighted by Crippen LogP contribution is -2.48. The lowest BCUT2D eigenvalue weighted by atomic mass is 9.95. The Labute approximate surface area is 115 Å². The Morgan fingerprint density at radius 1 is 1.26 bits per heavy atom. The molecule has 3 heteroatoms. The fraction of sp³-hybridized carbons (Fsp3) is 0.625. The highest BCUT2D eigenvalue weighted by Gasteiger charge is 2.27. The van der Waals surface area contributed by atoms with Crippen molar-refractivity contribution in [1.82, 2.24) is 4.90 Å². The Bertz CT molecular complexity index is 435. The molecule has 1 aromatic carbocycles. The van der Waals surface area contributed by atoms with Crippen LogP contribution in [-0.2, 0) is 0 Å². The van der Waals surface area contributed by atoms with E-state index in [2.05, 4.69) is 36.2 Å². The van der Waals surface area contributed by atoms with Gasteiger partial charge in [-0.15, -0.1) is 0 Å². The van der Waals surface area contributed by atoms with Gasteiger partial charge in [-0.25, -0.2) is 0 Å². The number of hydrogen-bond acceptors (Lipinski definition) is 3. The van der Waals surface area contributed by atoms with Crippen molar-refractivity contribution < 1.29 is 4.74 Å². The minimum absolute atomic E-state index is 0.266. The van der Waals surface area contributed by atoms with Gasteiger partial charge in [0.15, 0.2) is 0 Å². The van der Waals surface area contributed by atoms with Crippen LogP contribution in [0.4, 0.5) is 5.69 Å². The molecule has 0 radical (unpaired) electrons. The number of nitrogens with one attached hydrogen (secondary N) is 1. The molecule has 104 valence electrons. The molecule has 0 saturated carbocycles. The number of hydrogen-bond donors (Lipinski definition) is 1. The van der Waals surface area contributed by atoms with E-state index in [4.69, 9.17) is 4.74 Å². The van der Waals surface area contributed by atoms with Crippen molar-refractivity contribution in [2.24, 2.45) is 5.92 Å². The highest BCUT2D eigenvalue weighted by molar-refractivity contribution is 5.57. The number of para-hydroxylation sites is 2. The summed E-state index contributed by atoms with van der Waals surface area (Å²) in [5.41, 5.74) is 1.12. The first kappa shape index (κ1) is 12.8. The van der Waals surface area contributed by atoms with Crippen LogP contribution in [0.3, 0.4) is 0 Å². The smallest absolute Gasteiger partial charge is 0.142 e. The zero-order chi connectivity index (χ0) is 13.2. The fourth-order valence-corrected chi connectivity index (χ4v) is 3.16. The summed E-state index contributed by atoms with van der Waals surface area (Å²) in [6.45, 7) is 7.86. The van der Waals surface area contributed by atoms with Crippen molar-refractivity contribution in [3.05, 3.63) is 24.3 Å². The van der Waals surface area contributed by atoms with Crippen LogP contribution in [0.2, 0.25) is 0 Å². The molecule has 2 aliphatic rings. The summed E-state index contributed by atoms with van der Waals surface area (Å²) in [7, 11) is 0. The average Bonchev–Trinajstić information content (AvgIpc) is 2.43. The monoisotopic (exact) mass is 260 g/mol. The largest absolute Gasteiger partial charge is 0.485 e. The molecule has 1 fully saturated rings. The summed E-state index contributed by atoms with van der Waals surface area (Å²) in [5.74, 6) is 1.82. The molecule has 1 N–H and O–H groups in total. The van der Waals surface area contributed by atoms with E-state index < -0.39 is 0 Å². The zero-order valence-corrected chi connectivity index (χ0v) is 11.9. The Kier molecular flexibility index (Phi) is 3.65. The first-order chi connectivity index (χ1) is 9.22. The van der Waals surface area contributed by atoms with Gasteiger partial charge in [0.1, 0.15) is 11.9 Å². The lowest BCUT2D eigenvalue weighted by Gasteiger charge is -2.39. The number of nitrogens with zero attached hydrogens (tertiary/aromatic N) is 1. The molecule has 0 aromatic heterocycles. The Balaban J connectivity index is 1.62. The van der Waals surface area contributed by atoms with Crippen LogP contribution in [0.5, 0.6) is 5.75 Å². The van der Waals surface area contributed by atoms with Gasteiger partial charge in [-0.1, -0.05) is 19.1 Å². The number of fused-ring (bicyclic) bond motifs is 1. The van der Waals surface area contributed by atoms with Gasteiger partial charge in [0.2, 0.25) is 0 Å². The van der Waals surface area contributed by atoms with Crippen molar-refractivity contribution >= 4 is 5.69 Å². The van der Waals surface area contributed by atoms with Crippen LogP contribution in [-0.4, -0.2) is 36.7 Å². The Morgan fingerprint density at radius 2 is 2.11 bits per heavy atom. The maximum atomic E-state index is 6.11. The first-order valence-corrected chi connectivity index (χ1v) is 7.46. The van der Waals surface area contributed by atoms with Gasteiger partial charge >= 0.3 is 0 Å². The Hall–Kier alpha value is -1.22. The highest BCUT2D eigenvalue weighted by Crippen LogP contribution is 2.29. The second-order valence-electron chi connectivity index (χ2n) is 6.10. The maximum Gasteiger partial charge on any atom is 0.142 e. The molecule has 3 atom stereocenters. The molecule has 3 nitrogen and oxygen atoms in total. The summed E-state index contributed by atoms with van der Waals surface area (Å²) in [4.78, 5) is 2.59. The number of ether oxygens (including phenoxy) is 1. The van der Waals surface area contributed by atoms with Gasteiger partial charge < -0.3 is 10.1 Å². The van der Waals surface area contributed by atoms with Gasteiger partial charge in [0.05, 0.1) is 12.2 Å². The van der Waals surface area contributed by atoms with Crippen LogP contribution in [0.15, 0.2) is 24.3 Å². The summed E-state index contributed by atoms with van der Waals surface area (Å²) in [6.07, 6.45) is 2.95. The van der Waals surface area contributed by atoms with Crippen LogP contribution >= 0.6 is 0 Å². The molecular formula is C16H24N2O. The van der Waals surface area contributed by atoms with E-state index in [-0.39, 0.29) is 6.10 Å². The van der Waals surface area contributed by atoms with Gasteiger partial charge in [-0.05, 0) is 37.8 Å². The predicted molar refractivity (Wildman–Crippen MR) is 78.8 cm³/mol. The van der Waals surface area contributed by atoms with Crippen molar-refractivity contribution in [2.75, 3.05) is 25.0 Å². The summed E-state index contributed by atoms with van der Waals surface area (Å²) in [6, 6.07) is 8.91. The zero-order valence-electron chi connectivity index (χ0n) is 11.9. The fourth-order valence-electron chi connectivity index (χ4n) is 3.16. The highest BCUT2D eigenvalue weighted by atomic mass is 16.5. The van der Waals surface area contributed by atoms with Crippen LogP contribution in [0.25, 0.3) is 0 Å². The van der Waals surface area contributed by atoms with Crippen molar-refractivity contribution in [3.63, 3.8) is 0 Å². The summed E-state index contributed by atoms with van der Waals surface area (Å²) in [5, 5.41) is 3.48. The molecule has 2 heterocycles. The Morgan fingerprint density at radius 3 is 3.00 bits per heavy atom. The number of anilines is 1. The molecule has 2 aliphatic heterocycles. The first-order valence-electron chi connectivity index (χ1n) is 7.46. The number of piperidine rings is 1. The van der Waals surface area contributed by atoms with Gasteiger partial charge in [-0.2, -0.15) is 0 Å². The third-order valence-electron chi connectivity index (χ3n) is 4.39. The van der Waals surface area contributed by atoms with E-state index in [1.807, 2.05) is 12.1 Å². The molecule has 1 saturated heterocycles. The maximum absolute atomic E-state index is 6.11. The topological polar surface area (TPSA) is 24.5 Å². The van der Waals surface area contributed by atoms with Crippen LogP contribution < -0.4 is 10.1 Å². The second kappa shape index (κ2) is 5.41. The normalized spacial score (nSPS) is 31.2. The molecular weight excluding hydrogens is 236 g/mol. The minimum atomic E-state index is 0.266. The molecule has 0 aliphatic carbocycles. The molecule has 19 heavy (non-hydrogen) atoms. The summed E-state index contributed by atoms with van der Waals surface area (Å²) < 4.78 is 6.11. The molecule has 3 rings (SSSR count). The second-order valence-corrected chi connectivity index (χ2v) is 6.10. The van der Waals surface area contributed by atoms with Crippen molar-refractivity contribution in [3.8, 4) is 5.75 Å². The predicted octanol–water partition coefficient (Wildman–Crippen LogP) is 2.98. The third kappa shape index (κ3) is 2.86. The van der Waals surface area contributed by atoms with Crippen LogP contribution in [0, 0.1) is 5.92 Å². The standard InChI is InChI=1S/C16H24N2O/c1-12-7-8-13(2)18(10-12)11-14-9-17-15-5-3-4-6-16(15)19-14/h3-6,12-14,17H,7-11H2,1-2H3. The summed E-state index contributed by atoms with van der Waals surface area (Å²) >= 11 is 0. The van der Waals surface area contributed by atoms with E-state index >= 15 is 0 Å². The van der Waals surface area contributed by atoms with Crippen LogP contribution in [0.1, 0.15) is 26.7 Å². The molecule has 1 aromatic rings. The van der Waals surface area contributed by atoms with E-state index in [0.717, 1.165) is 30.4 Å². The van der Waals surface area contributed by atoms with Gasteiger partial charge in [-0.3, -0.25) is 4.90 Å². The van der Waals surface area contributed by atoms with E-state index in [1.165, 1.54) is 19.4 Å². The molecule has 0 bridgehead atoms. The number of rotatable bonds is 2. The van der Waals surface area contributed by atoms with E-state index in [1.54, 1.807) is 0 Å². The third-order valence-corrected chi connectivity index (χ3v) is 4.39. The van der Waals surface area contributed by atoms with Crippen molar-refractivity contribution in [1.29, 1.82) is 0 Å². The number of benzene rings is 1.